The summed E-state index contributed by atoms with van der Waals surface area (Å²) in [6, 6.07) is 0.407. The van der Waals surface area contributed by atoms with E-state index in [0.29, 0.717) is 19.5 Å². The zero-order valence-electron chi connectivity index (χ0n) is 16.7. The number of amides is 1. The minimum atomic E-state index is -4.78. The predicted octanol–water partition coefficient (Wildman–Crippen LogP) is 5.40. The molecule has 2 aliphatic rings. The highest BCUT2D eigenvalue weighted by Gasteiger charge is 2.48. The van der Waals surface area contributed by atoms with Crippen molar-refractivity contribution in [2.45, 2.75) is 51.1 Å². The normalized spacial score (nSPS) is 21.3. The van der Waals surface area contributed by atoms with Crippen LogP contribution in [-0.2, 0) is 10.9 Å². The topological polar surface area (TPSA) is 58.6 Å². The minimum Gasteiger partial charge on any atom is -0.444 e. The molecular formula is C19H18BrClF4N4O2. The molecular weight excluding hydrogens is 508 g/mol. The maximum atomic E-state index is 14.8. The van der Waals surface area contributed by atoms with Crippen molar-refractivity contribution < 1.29 is 27.1 Å². The number of carbonyl (C=O) groups is 1. The summed E-state index contributed by atoms with van der Waals surface area (Å²) in [6.45, 7) is 5.93. The van der Waals surface area contributed by atoms with Gasteiger partial charge in [-0.1, -0.05) is 0 Å². The number of hydrogen-bond donors (Lipinski definition) is 0. The Morgan fingerprint density at radius 1 is 1.23 bits per heavy atom. The molecule has 0 aliphatic carbocycles. The Morgan fingerprint density at radius 2 is 1.90 bits per heavy atom. The van der Waals surface area contributed by atoms with Crippen molar-refractivity contribution in [3.63, 3.8) is 0 Å². The molecule has 0 N–H and O–H groups in total. The van der Waals surface area contributed by atoms with Crippen LogP contribution in [0.25, 0.3) is 10.9 Å². The summed E-state index contributed by atoms with van der Waals surface area (Å²) in [5.41, 5.74) is -2.11. The van der Waals surface area contributed by atoms with Gasteiger partial charge in [-0.15, -0.1) is 0 Å². The molecule has 2 atom stereocenters. The Hall–Kier alpha value is -1.88. The number of carbonyl (C=O) groups excluding carboxylic acids is 1. The average molecular weight is 526 g/mol. The van der Waals surface area contributed by atoms with Crippen molar-refractivity contribution in [1.82, 2.24) is 14.9 Å². The van der Waals surface area contributed by atoms with Gasteiger partial charge in [-0.05, 0) is 60.8 Å². The number of likely N-dealkylation sites (tertiary alicyclic amines) is 1. The molecule has 2 aromatic rings. The molecule has 31 heavy (non-hydrogen) atoms. The fourth-order valence-corrected chi connectivity index (χ4v) is 4.75. The van der Waals surface area contributed by atoms with Gasteiger partial charge in [0.1, 0.15) is 16.9 Å². The number of fused-ring (bicyclic) bond motifs is 3. The number of ether oxygens (including phenoxy) is 1. The van der Waals surface area contributed by atoms with Crippen LogP contribution >= 0.6 is 27.5 Å². The fourth-order valence-electron chi connectivity index (χ4n) is 4.06. The van der Waals surface area contributed by atoms with Gasteiger partial charge in [0.05, 0.1) is 22.1 Å². The summed E-state index contributed by atoms with van der Waals surface area (Å²) >= 11 is 8.65. The van der Waals surface area contributed by atoms with Gasteiger partial charge in [0.15, 0.2) is 5.82 Å². The Morgan fingerprint density at radius 3 is 2.45 bits per heavy atom. The molecule has 1 aromatic heterocycles. The van der Waals surface area contributed by atoms with Crippen molar-refractivity contribution in [2.75, 3.05) is 18.0 Å². The van der Waals surface area contributed by atoms with Crippen LogP contribution in [0.5, 0.6) is 0 Å². The van der Waals surface area contributed by atoms with Gasteiger partial charge in [-0.2, -0.15) is 18.2 Å². The Balaban J connectivity index is 1.72. The molecule has 2 aliphatic heterocycles. The second kappa shape index (κ2) is 7.33. The second-order valence-electron chi connectivity index (χ2n) is 8.59. The highest BCUT2D eigenvalue weighted by molar-refractivity contribution is 9.10. The minimum absolute atomic E-state index is 0.0891. The zero-order chi connectivity index (χ0) is 22.9. The molecule has 0 saturated carbocycles. The lowest BCUT2D eigenvalue weighted by molar-refractivity contribution is -0.138. The van der Waals surface area contributed by atoms with E-state index in [1.54, 1.807) is 30.6 Å². The summed E-state index contributed by atoms with van der Waals surface area (Å²) in [5.74, 6) is -1.04. The van der Waals surface area contributed by atoms with Crippen LogP contribution in [0.2, 0.25) is 5.28 Å². The summed E-state index contributed by atoms with van der Waals surface area (Å²) < 4.78 is 59.8. The van der Waals surface area contributed by atoms with Gasteiger partial charge in [0.2, 0.25) is 5.28 Å². The molecule has 12 heteroatoms. The number of hydrogen-bond acceptors (Lipinski definition) is 5. The van der Waals surface area contributed by atoms with Crippen LogP contribution in [-0.4, -0.2) is 51.7 Å². The van der Waals surface area contributed by atoms with E-state index in [4.69, 9.17) is 16.3 Å². The predicted molar refractivity (Wildman–Crippen MR) is 110 cm³/mol. The lowest BCUT2D eigenvalue weighted by Crippen LogP contribution is -2.50. The van der Waals surface area contributed by atoms with Gasteiger partial charge in [0, 0.05) is 18.5 Å². The van der Waals surface area contributed by atoms with Crippen molar-refractivity contribution in [3.05, 3.63) is 27.2 Å². The molecule has 0 spiro atoms. The lowest BCUT2D eigenvalue weighted by Gasteiger charge is -2.36. The van der Waals surface area contributed by atoms with E-state index in [-0.39, 0.29) is 34.1 Å². The van der Waals surface area contributed by atoms with E-state index in [0.717, 1.165) is 6.07 Å². The highest BCUT2D eigenvalue weighted by atomic mass is 79.9. The van der Waals surface area contributed by atoms with Crippen LogP contribution in [0.1, 0.15) is 32.8 Å². The largest absolute Gasteiger partial charge is 0.444 e. The van der Waals surface area contributed by atoms with E-state index in [2.05, 4.69) is 25.9 Å². The Labute approximate surface area is 188 Å². The van der Waals surface area contributed by atoms with Gasteiger partial charge in [-0.3, -0.25) is 0 Å². The van der Waals surface area contributed by atoms with Crippen LogP contribution in [0.15, 0.2) is 10.5 Å². The molecule has 2 fully saturated rings. The third-order valence-electron chi connectivity index (χ3n) is 5.27. The maximum absolute atomic E-state index is 14.8. The maximum Gasteiger partial charge on any atom is 0.417 e. The standard InChI is InChI=1S/C19H18BrClF4N4O2/c1-18(2,3)31-17(30)29-7-8-4-9(29)6-28(8)15-10-5-11(19(23,24)25)12(20)13(22)14(10)26-16(21)27-15/h5,8-9H,4,6-7H2,1-3H3/t8-,9-/m0/s1. The zero-order valence-corrected chi connectivity index (χ0v) is 19.1. The quantitative estimate of drug-likeness (QED) is 0.369. The first-order valence-corrected chi connectivity index (χ1v) is 10.6. The van der Waals surface area contributed by atoms with Gasteiger partial charge >= 0.3 is 12.3 Å². The van der Waals surface area contributed by atoms with Crippen molar-refractivity contribution in [3.8, 4) is 0 Å². The summed E-state index contributed by atoms with van der Waals surface area (Å²) in [7, 11) is 0. The summed E-state index contributed by atoms with van der Waals surface area (Å²) in [4.78, 5) is 23.8. The molecule has 0 unspecified atom stereocenters. The molecule has 4 rings (SSSR count). The van der Waals surface area contributed by atoms with Gasteiger partial charge in [0.25, 0.3) is 0 Å². The fraction of sp³-hybridized carbons (Fsp3) is 0.526. The molecule has 0 radical (unpaired) electrons. The number of anilines is 1. The van der Waals surface area contributed by atoms with E-state index >= 15 is 0 Å². The smallest absolute Gasteiger partial charge is 0.417 e. The molecule has 6 nitrogen and oxygen atoms in total. The van der Waals surface area contributed by atoms with Crippen molar-refractivity contribution in [1.29, 1.82) is 0 Å². The molecule has 168 valence electrons. The number of rotatable bonds is 1. The first-order valence-electron chi connectivity index (χ1n) is 9.45. The molecule has 1 amide bonds. The number of benzene rings is 1. The number of halogens is 6. The van der Waals surface area contributed by atoms with Crippen LogP contribution < -0.4 is 4.90 Å². The third-order valence-corrected chi connectivity index (χ3v) is 6.21. The van der Waals surface area contributed by atoms with E-state index in [1.165, 1.54) is 0 Å². The molecule has 2 saturated heterocycles. The number of aromatic nitrogens is 2. The first kappa shape index (κ1) is 22.3. The van der Waals surface area contributed by atoms with Crippen molar-refractivity contribution in [2.24, 2.45) is 0 Å². The average Bonchev–Trinajstić information content (AvgIpc) is 3.22. The second-order valence-corrected chi connectivity index (χ2v) is 9.72. The number of nitrogens with zero attached hydrogens (tertiary/aromatic N) is 4. The molecule has 2 bridgehead atoms. The highest BCUT2D eigenvalue weighted by Crippen LogP contribution is 2.43. The summed E-state index contributed by atoms with van der Waals surface area (Å²) in [6.07, 6.45) is -4.63. The van der Waals surface area contributed by atoms with Gasteiger partial charge < -0.3 is 14.5 Å². The monoisotopic (exact) mass is 524 g/mol. The van der Waals surface area contributed by atoms with E-state index < -0.39 is 33.7 Å². The molecule has 1 aromatic carbocycles. The molecule has 3 heterocycles. The summed E-state index contributed by atoms with van der Waals surface area (Å²) in [5, 5.41) is -0.367. The van der Waals surface area contributed by atoms with E-state index in [9.17, 15) is 22.4 Å². The Kier molecular flexibility index (Phi) is 5.28. The van der Waals surface area contributed by atoms with Crippen molar-refractivity contribution >= 4 is 50.3 Å². The SMILES string of the molecule is CC(C)(C)OC(=O)N1C[C@@H]2C[C@H]1CN2c1nc(Cl)nc2c(F)c(Br)c(C(F)(F)F)cc12. The van der Waals surface area contributed by atoms with Gasteiger partial charge in [-0.25, -0.2) is 14.2 Å². The van der Waals surface area contributed by atoms with E-state index in [1.807, 2.05) is 0 Å². The first-order chi connectivity index (χ1) is 14.3. The number of piperazine rings is 1. The Bertz CT molecular complexity index is 1080. The van der Waals surface area contributed by atoms with Crippen LogP contribution in [0.3, 0.4) is 0 Å². The van der Waals surface area contributed by atoms with Crippen LogP contribution in [0, 0.1) is 5.82 Å². The van der Waals surface area contributed by atoms with Crippen LogP contribution in [0.4, 0.5) is 28.2 Å². The lowest BCUT2D eigenvalue weighted by atomic mass is 10.1. The third kappa shape index (κ3) is 4.02. The number of alkyl halides is 3.